The number of rotatable bonds is 4. The van der Waals surface area contributed by atoms with Crippen LogP contribution in [0.4, 0.5) is 5.69 Å². The van der Waals surface area contributed by atoms with Crippen LogP contribution in [-0.4, -0.2) is 49.6 Å². The number of nitrogens with one attached hydrogen (secondary N) is 1. The summed E-state index contributed by atoms with van der Waals surface area (Å²) in [4.78, 5) is 16.5. The number of piperazine rings is 1. The summed E-state index contributed by atoms with van der Waals surface area (Å²) in [7, 11) is 0. The van der Waals surface area contributed by atoms with Gasteiger partial charge in [0.2, 0.25) is 5.91 Å². The van der Waals surface area contributed by atoms with Crippen molar-refractivity contribution in [1.82, 2.24) is 10.2 Å². The maximum Gasteiger partial charge on any atom is 0.236 e. The summed E-state index contributed by atoms with van der Waals surface area (Å²) in [6.07, 6.45) is 0. The topological polar surface area (TPSA) is 35.6 Å². The molecule has 0 atom stereocenters. The summed E-state index contributed by atoms with van der Waals surface area (Å²) in [6.45, 7) is 12.3. The fraction of sp³-hybridized carbons (Fsp3) is 0.588. The van der Waals surface area contributed by atoms with Crippen LogP contribution < -0.4 is 10.2 Å². The zero-order valence-electron chi connectivity index (χ0n) is 13.6. The Labute approximate surface area is 128 Å². The molecule has 1 aromatic carbocycles. The molecule has 0 spiro atoms. The molecule has 1 N–H and O–H groups in total. The van der Waals surface area contributed by atoms with Crippen molar-refractivity contribution < 1.29 is 4.79 Å². The Morgan fingerprint density at radius 2 is 1.86 bits per heavy atom. The fourth-order valence-electron chi connectivity index (χ4n) is 2.68. The molecular formula is C17H27N3O. The van der Waals surface area contributed by atoms with Gasteiger partial charge in [-0.25, -0.2) is 0 Å². The molecular weight excluding hydrogens is 262 g/mol. The molecule has 1 amide bonds. The molecule has 0 radical (unpaired) electrons. The van der Waals surface area contributed by atoms with Gasteiger partial charge in [-0.1, -0.05) is 26.0 Å². The van der Waals surface area contributed by atoms with Gasteiger partial charge in [0.1, 0.15) is 0 Å². The third-order valence-electron chi connectivity index (χ3n) is 4.21. The zero-order valence-corrected chi connectivity index (χ0v) is 13.6. The number of hydrogen-bond acceptors (Lipinski definition) is 3. The van der Waals surface area contributed by atoms with Crippen LogP contribution in [0.25, 0.3) is 0 Å². The molecule has 1 aromatic rings. The Kier molecular flexibility index (Phi) is 5.23. The lowest BCUT2D eigenvalue weighted by atomic mass is 10.1. The van der Waals surface area contributed by atoms with Crippen LogP contribution in [0.5, 0.6) is 0 Å². The SMILES string of the molecule is Cc1cccc(N2CCN(C(=O)CNC(C)C)CC2)c1C. The highest BCUT2D eigenvalue weighted by Gasteiger charge is 2.22. The van der Waals surface area contributed by atoms with E-state index >= 15 is 0 Å². The number of carbonyl (C=O) groups excluding carboxylic acids is 1. The minimum Gasteiger partial charge on any atom is -0.368 e. The predicted octanol–water partition coefficient (Wildman–Crippen LogP) is 1.95. The van der Waals surface area contributed by atoms with Gasteiger partial charge < -0.3 is 15.1 Å². The Hall–Kier alpha value is -1.55. The number of carbonyl (C=O) groups is 1. The maximum absolute atomic E-state index is 12.1. The average Bonchev–Trinajstić information content (AvgIpc) is 2.48. The molecule has 1 saturated heterocycles. The van der Waals surface area contributed by atoms with Gasteiger partial charge in [0.05, 0.1) is 6.54 Å². The lowest BCUT2D eigenvalue weighted by Gasteiger charge is -2.37. The number of hydrogen-bond donors (Lipinski definition) is 1. The van der Waals surface area contributed by atoms with Gasteiger partial charge in [0.15, 0.2) is 0 Å². The first-order valence-corrected chi connectivity index (χ1v) is 7.81. The Bertz CT molecular complexity index is 491. The Morgan fingerprint density at radius 3 is 2.48 bits per heavy atom. The van der Waals surface area contributed by atoms with E-state index in [1.807, 2.05) is 4.90 Å². The van der Waals surface area contributed by atoms with E-state index in [0.717, 1.165) is 26.2 Å². The van der Waals surface area contributed by atoms with Crippen LogP contribution in [-0.2, 0) is 4.79 Å². The van der Waals surface area contributed by atoms with Crippen molar-refractivity contribution in [3.63, 3.8) is 0 Å². The van der Waals surface area contributed by atoms with Crippen LogP contribution in [0.1, 0.15) is 25.0 Å². The van der Waals surface area contributed by atoms with Crippen LogP contribution in [0.2, 0.25) is 0 Å². The monoisotopic (exact) mass is 289 g/mol. The lowest BCUT2D eigenvalue weighted by molar-refractivity contribution is -0.130. The molecule has 116 valence electrons. The molecule has 1 heterocycles. The van der Waals surface area contributed by atoms with Crippen molar-refractivity contribution in [2.45, 2.75) is 33.7 Å². The molecule has 4 nitrogen and oxygen atoms in total. The highest BCUT2D eigenvalue weighted by Crippen LogP contribution is 2.23. The number of aryl methyl sites for hydroxylation is 1. The molecule has 0 aliphatic carbocycles. The summed E-state index contributed by atoms with van der Waals surface area (Å²) in [6, 6.07) is 6.79. The van der Waals surface area contributed by atoms with E-state index in [4.69, 9.17) is 0 Å². The van der Waals surface area contributed by atoms with Gasteiger partial charge in [-0.15, -0.1) is 0 Å². The van der Waals surface area contributed by atoms with E-state index < -0.39 is 0 Å². The van der Waals surface area contributed by atoms with Gasteiger partial charge >= 0.3 is 0 Å². The second-order valence-electron chi connectivity index (χ2n) is 6.12. The molecule has 4 heteroatoms. The first-order valence-electron chi connectivity index (χ1n) is 7.81. The summed E-state index contributed by atoms with van der Waals surface area (Å²) in [5.74, 6) is 0.212. The third-order valence-corrected chi connectivity index (χ3v) is 4.21. The number of nitrogens with zero attached hydrogens (tertiary/aromatic N) is 2. The van der Waals surface area contributed by atoms with E-state index in [9.17, 15) is 4.79 Å². The van der Waals surface area contributed by atoms with Gasteiger partial charge in [-0.05, 0) is 31.0 Å². The minimum atomic E-state index is 0.212. The van der Waals surface area contributed by atoms with Crippen LogP contribution in [0.15, 0.2) is 18.2 Å². The Balaban J connectivity index is 1.91. The number of anilines is 1. The summed E-state index contributed by atoms with van der Waals surface area (Å²) in [5, 5.41) is 3.20. The lowest BCUT2D eigenvalue weighted by Crippen LogP contribution is -2.51. The standard InChI is InChI=1S/C17H27N3O/c1-13(2)18-12-17(21)20-10-8-19(9-11-20)16-7-5-6-14(3)15(16)4/h5-7,13,18H,8-12H2,1-4H3. The fourth-order valence-corrected chi connectivity index (χ4v) is 2.68. The van der Waals surface area contributed by atoms with Gasteiger partial charge in [0, 0.05) is 37.9 Å². The van der Waals surface area contributed by atoms with Crippen molar-refractivity contribution in [3.8, 4) is 0 Å². The summed E-state index contributed by atoms with van der Waals surface area (Å²) < 4.78 is 0. The molecule has 0 aromatic heterocycles. The van der Waals surface area contributed by atoms with Crippen LogP contribution in [0.3, 0.4) is 0 Å². The quantitative estimate of drug-likeness (QED) is 0.920. The molecule has 2 rings (SSSR count). The summed E-state index contributed by atoms with van der Waals surface area (Å²) >= 11 is 0. The third kappa shape index (κ3) is 3.97. The smallest absolute Gasteiger partial charge is 0.236 e. The zero-order chi connectivity index (χ0) is 15.4. The number of benzene rings is 1. The molecule has 1 fully saturated rings. The molecule has 1 aliphatic heterocycles. The van der Waals surface area contributed by atoms with Crippen molar-refractivity contribution in [2.24, 2.45) is 0 Å². The van der Waals surface area contributed by atoms with Crippen LogP contribution >= 0.6 is 0 Å². The molecule has 0 saturated carbocycles. The van der Waals surface area contributed by atoms with Crippen molar-refractivity contribution in [3.05, 3.63) is 29.3 Å². The highest BCUT2D eigenvalue weighted by atomic mass is 16.2. The van der Waals surface area contributed by atoms with Gasteiger partial charge in [-0.2, -0.15) is 0 Å². The van der Waals surface area contributed by atoms with E-state index in [0.29, 0.717) is 12.6 Å². The first-order chi connectivity index (χ1) is 9.99. The van der Waals surface area contributed by atoms with Crippen LogP contribution in [0, 0.1) is 13.8 Å². The summed E-state index contributed by atoms with van der Waals surface area (Å²) in [5.41, 5.74) is 3.98. The van der Waals surface area contributed by atoms with Gasteiger partial charge in [-0.3, -0.25) is 4.79 Å². The largest absolute Gasteiger partial charge is 0.368 e. The predicted molar refractivity (Wildman–Crippen MR) is 87.8 cm³/mol. The van der Waals surface area contributed by atoms with Gasteiger partial charge in [0.25, 0.3) is 0 Å². The Morgan fingerprint density at radius 1 is 1.19 bits per heavy atom. The van der Waals surface area contributed by atoms with E-state index in [-0.39, 0.29) is 5.91 Å². The second-order valence-corrected chi connectivity index (χ2v) is 6.12. The van der Waals surface area contributed by atoms with Crippen molar-refractivity contribution in [2.75, 3.05) is 37.6 Å². The normalized spacial score (nSPS) is 15.7. The van der Waals surface area contributed by atoms with E-state index in [1.54, 1.807) is 0 Å². The molecule has 21 heavy (non-hydrogen) atoms. The van der Waals surface area contributed by atoms with E-state index in [1.165, 1.54) is 16.8 Å². The van der Waals surface area contributed by atoms with E-state index in [2.05, 4.69) is 56.1 Å². The second kappa shape index (κ2) is 6.94. The molecule has 0 bridgehead atoms. The molecule has 0 unspecified atom stereocenters. The minimum absolute atomic E-state index is 0.212. The maximum atomic E-state index is 12.1. The van der Waals surface area contributed by atoms with Crippen molar-refractivity contribution in [1.29, 1.82) is 0 Å². The average molecular weight is 289 g/mol. The first kappa shape index (κ1) is 15.8. The van der Waals surface area contributed by atoms with Crippen molar-refractivity contribution >= 4 is 11.6 Å². The molecule has 1 aliphatic rings. The number of amides is 1. The highest BCUT2D eigenvalue weighted by molar-refractivity contribution is 5.78.